The van der Waals surface area contributed by atoms with Gasteiger partial charge in [-0.05, 0) is 24.3 Å². The normalized spacial score (nSPS) is 12.0. The highest BCUT2D eigenvalue weighted by atomic mass is 16.5. The maximum absolute atomic E-state index is 12.6. The van der Waals surface area contributed by atoms with Gasteiger partial charge in [-0.25, -0.2) is 4.98 Å². The second-order valence-electron chi connectivity index (χ2n) is 4.74. The second kappa shape index (κ2) is 4.22. The van der Waals surface area contributed by atoms with Crippen molar-refractivity contribution in [1.29, 1.82) is 0 Å². The molecule has 1 aliphatic heterocycles. The molecule has 2 aromatic heterocycles. The van der Waals surface area contributed by atoms with Crippen LogP contribution in [0, 0.1) is 12.3 Å². The molecule has 0 bridgehead atoms. The summed E-state index contributed by atoms with van der Waals surface area (Å²) in [7, 11) is 0. The van der Waals surface area contributed by atoms with Gasteiger partial charge in [0.15, 0.2) is 0 Å². The van der Waals surface area contributed by atoms with Crippen molar-refractivity contribution < 1.29 is 9.53 Å². The number of aromatic nitrogens is 2. The number of fused-ring (bicyclic) bond motifs is 4. The molecule has 1 aromatic carbocycles. The summed E-state index contributed by atoms with van der Waals surface area (Å²) in [5.41, 5.74) is 2.70. The van der Waals surface area contributed by atoms with Gasteiger partial charge in [0.25, 0.3) is 5.91 Å². The monoisotopic (exact) mass is 274 g/mol. The van der Waals surface area contributed by atoms with Crippen molar-refractivity contribution in [3.8, 4) is 29.5 Å². The van der Waals surface area contributed by atoms with Gasteiger partial charge in [-0.2, -0.15) is 0 Å². The molecule has 0 radical (unpaired) electrons. The lowest BCUT2D eigenvalue weighted by molar-refractivity contribution is 0.0966. The van der Waals surface area contributed by atoms with Gasteiger partial charge in [-0.1, -0.05) is 18.1 Å². The van der Waals surface area contributed by atoms with Crippen LogP contribution in [-0.4, -0.2) is 22.1 Å². The van der Waals surface area contributed by atoms with Gasteiger partial charge < -0.3 is 4.74 Å². The van der Waals surface area contributed by atoms with Crippen molar-refractivity contribution in [3.63, 3.8) is 0 Å². The number of nitrogens with zero attached hydrogens (tertiary/aromatic N) is 2. The minimum Gasteiger partial charge on any atom is -0.479 e. The van der Waals surface area contributed by atoms with Gasteiger partial charge in [0.05, 0.1) is 11.2 Å². The highest BCUT2D eigenvalue weighted by Gasteiger charge is 2.32. The molecule has 0 saturated carbocycles. The van der Waals surface area contributed by atoms with E-state index < -0.39 is 0 Å². The molecule has 0 aliphatic carbocycles. The zero-order valence-electron chi connectivity index (χ0n) is 11.0. The minimum atomic E-state index is -0.129. The summed E-state index contributed by atoms with van der Waals surface area (Å²) >= 11 is 0. The van der Waals surface area contributed by atoms with Crippen molar-refractivity contribution in [2.24, 2.45) is 0 Å². The zero-order chi connectivity index (χ0) is 14.4. The lowest BCUT2D eigenvalue weighted by Crippen LogP contribution is -2.08. The van der Waals surface area contributed by atoms with Crippen LogP contribution in [0.5, 0.6) is 5.75 Å². The Morgan fingerprint density at radius 2 is 2.10 bits per heavy atom. The number of carbonyl (C=O) groups excluding carboxylic acids is 1. The van der Waals surface area contributed by atoms with E-state index in [0.717, 1.165) is 16.6 Å². The molecule has 3 aromatic rings. The van der Waals surface area contributed by atoms with Crippen molar-refractivity contribution in [3.05, 3.63) is 48.2 Å². The summed E-state index contributed by atoms with van der Waals surface area (Å²) in [4.78, 5) is 17.2. The Labute approximate surface area is 121 Å². The molecule has 3 heterocycles. The Kier molecular flexibility index (Phi) is 2.36. The number of benzene rings is 1. The van der Waals surface area contributed by atoms with E-state index in [1.165, 1.54) is 0 Å². The van der Waals surface area contributed by atoms with Crippen LogP contribution in [-0.2, 0) is 0 Å². The van der Waals surface area contributed by atoms with E-state index in [-0.39, 0.29) is 12.5 Å². The molecule has 0 spiro atoms. The van der Waals surface area contributed by atoms with Gasteiger partial charge in [0, 0.05) is 11.6 Å². The van der Waals surface area contributed by atoms with E-state index in [9.17, 15) is 4.79 Å². The van der Waals surface area contributed by atoms with Crippen LogP contribution in [0.3, 0.4) is 0 Å². The average Bonchev–Trinajstić information content (AvgIpc) is 3.08. The first-order chi connectivity index (χ1) is 10.3. The number of hydrogen-bond donors (Lipinski definition) is 0. The van der Waals surface area contributed by atoms with Crippen LogP contribution in [0.1, 0.15) is 10.4 Å². The third kappa shape index (κ3) is 1.52. The van der Waals surface area contributed by atoms with E-state index in [1.54, 1.807) is 10.8 Å². The summed E-state index contributed by atoms with van der Waals surface area (Å²) in [6, 6.07) is 11.3. The molecule has 1 aliphatic rings. The predicted octanol–water partition coefficient (Wildman–Crippen LogP) is 2.72. The summed E-state index contributed by atoms with van der Waals surface area (Å²) in [5.74, 6) is 2.83. The lowest BCUT2D eigenvalue weighted by Gasteiger charge is -2.10. The number of hydrogen-bond acceptors (Lipinski definition) is 3. The first-order valence-corrected chi connectivity index (χ1v) is 6.52. The van der Waals surface area contributed by atoms with Crippen molar-refractivity contribution >= 4 is 16.8 Å². The van der Waals surface area contributed by atoms with E-state index in [2.05, 4.69) is 10.9 Å². The van der Waals surface area contributed by atoms with E-state index in [0.29, 0.717) is 17.0 Å². The molecule has 0 atom stereocenters. The lowest BCUT2D eigenvalue weighted by atomic mass is 10.1. The second-order valence-corrected chi connectivity index (χ2v) is 4.74. The Morgan fingerprint density at radius 3 is 2.95 bits per heavy atom. The summed E-state index contributed by atoms with van der Waals surface area (Å²) in [5, 5.41) is 0.797. The van der Waals surface area contributed by atoms with Crippen LogP contribution in [0.4, 0.5) is 0 Å². The van der Waals surface area contributed by atoms with E-state index in [4.69, 9.17) is 11.2 Å². The number of para-hydroxylation sites is 1. The van der Waals surface area contributed by atoms with Crippen molar-refractivity contribution in [2.45, 2.75) is 0 Å². The van der Waals surface area contributed by atoms with Gasteiger partial charge in [-0.15, -0.1) is 6.42 Å². The van der Waals surface area contributed by atoms with Crippen molar-refractivity contribution in [1.82, 2.24) is 9.55 Å². The van der Waals surface area contributed by atoms with Crippen LogP contribution in [0.2, 0.25) is 0 Å². The highest BCUT2D eigenvalue weighted by molar-refractivity contribution is 6.13. The molecular formula is C17H10N2O2. The number of ether oxygens (including phenoxy) is 1. The Morgan fingerprint density at radius 1 is 1.24 bits per heavy atom. The van der Waals surface area contributed by atoms with Gasteiger partial charge in [-0.3, -0.25) is 9.36 Å². The largest absolute Gasteiger partial charge is 0.479 e. The minimum absolute atomic E-state index is 0.114. The maximum atomic E-state index is 12.6. The average molecular weight is 274 g/mol. The molecule has 0 N–H and O–H groups in total. The van der Waals surface area contributed by atoms with E-state index in [1.807, 2.05) is 36.4 Å². The quantitative estimate of drug-likeness (QED) is 0.528. The first-order valence-electron chi connectivity index (χ1n) is 6.52. The van der Waals surface area contributed by atoms with Crippen molar-refractivity contribution in [2.75, 3.05) is 6.61 Å². The molecule has 0 saturated heterocycles. The highest BCUT2D eigenvalue weighted by Crippen LogP contribution is 2.40. The van der Waals surface area contributed by atoms with Gasteiger partial charge in [0.1, 0.15) is 23.6 Å². The molecule has 100 valence electrons. The first kappa shape index (κ1) is 11.7. The fourth-order valence-electron chi connectivity index (χ4n) is 2.70. The molecule has 4 nitrogen and oxygen atoms in total. The third-order valence-electron chi connectivity index (χ3n) is 3.57. The summed E-state index contributed by atoms with van der Waals surface area (Å²) in [6.07, 6.45) is 7.01. The van der Waals surface area contributed by atoms with Gasteiger partial charge in [0.2, 0.25) is 0 Å². The third-order valence-corrected chi connectivity index (χ3v) is 3.57. The summed E-state index contributed by atoms with van der Waals surface area (Å²) < 4.78 is 7.25. The SMILES string of the molecule is C#CCOc1c2c(nc3ccccc13)-c1cccn1C2=O. The van der Waals surface area contributed by atoms with Crippen LogP contribution >= 0.6 is 0 Å². The Hall–Kier alpha value is -3.06. The molecule has 21 heavy (non-hydrogen) atoms. The standard InChI is InChI=1S/C17H10N2O2/c1-2-10-21-16-11-6-3-4-7-12(11)18-15-13-8-5-9-19(13)17(20)14(15)16/h1,3-9H,10H2. The molecule has 4 rings (SSSR count). The summed E-state index contributed by atoms with van der Waals surface area (Å²) in [6.45, 7) is 0.114. The molecule has 0 fully saturated rings. The number of terminal acetylenes is 1. The number of carbonyl (C=O) groups is 1. The number of pyridine rings is 1. The number of rotatable bonds is 2. The Balaban J connectivity index is 2.09. The molecule has 0 unspecified atom stereocenters. The maximum Gasteiger partial charge on any atom is 0.268 e. The Bertz CT molecular complexity index is 932. The molecular weight excluding hydrogens is 264 g/mol. The van der Waals surface area contributed by atoms with Crippen LogP contribution in [0.25, 0.3) is 22.3 Å². The molecule has 0 amide bonds. The topological polar surface area (TPSA) is 44.1 Å². The zero-order valence-corrected chi connectivity index (χ0v) is 11.0. The fourth-order valence-corrected chi connectivity index (χ4v) is 2.70. The fraction of sp³-hybridized carbons (Fsp3) is 0.0588. The van der Waals surface area contributed by atoms with Gasteiger partial charge >= 0.3 is 0 Å². The van der Waals surface area contributed by atoms with Crippen LogP contribution < -0.4 is 4.74 Å². The smallest absolute Gasteiger partial charge is 0.268 e. The van der Waals surface area contributed by atoms with E-state index >= 15 is 0 Å². The molecule has 4 heteroatoms. The van der Waals surface area contributed by atoms with Crippen LogP contribution in [0.15, 0.2) is 42.6 Å². The predicted molar refractivity (Wildman–Crippen MR) is 79.2 cm³/mol.